The van der Waals surface area contributed by atoms with E-state index in [4.69, 9.17) is 0 Å². The van der Waals surface area contributed by atoms with Crippen molar-refractivity contribution in [1.82, 2.24) is 5.32 Å². The normalized spacial score (nSPS) is 13.1. The minimum atomic E-state index is -0.648. The molecule has 0 aliphatic carbocycles. The number of nitrogens with one attached hydrogen (secondary N) is 1. The molecule has 3 N–H and O–H groups in total. The van der Waals surface area contributed by atoms with Gasteiger partial charge in [-0.3, -0.25) is 4.79 Å². The molecule has 2 unspecified atom stereocenters. The second kappa shape index (κ2) is 29.0. The Kier molecular flexibility index (Phi) is 28.5. The summed E-state index contributed by atoms with van der Waals surface area (Å²) in [6, 6.07) is -0.524. The lowest BCUT2D eigenvalue weighted by Gasteiger charge is -2.22. The molecule has 36 heavy (non-hydrogen) atoms. The molecule has 4 nitrogen and oxygen atoms in total. The summed E-state index contributed by atoms with van der Waals surface area (Å²) < 4.78 is 0. The fourth-order valence-electron chi connectivity index (χ4n) is 5.06. The first-order valence-corrected chi connectivity index (χ1v) is 16.2. The molecule has 2 atom stereocenters. The number of amides is 1. The lowest BCUT2D eigenvalue weighted by atomic mass is 10.0. The number of unbranched alkanes of at least 4 members (excludes halogenated alkanes) is 22. The van der Waals surface area contributed by atoms with Gasteiger partial charge in [0.2, 0.25) is 5.91 Å². The molecule has 0 fully saturated rings. The Morgan fingerprint density at radius 2 is 0.889 bits per heavy atom. The van der Waals surface area contributed by atoms with Gasteiger partial charge < -0.3 is 15.5 Å². The van der Waals surface area contributed by atoms with Crippen molar-refractivity contribution in [3.8, 4) is 0 Å². The topological polar surface area (TPSA) is 69.6 Å². The zero-order valence-electron chi connectivity index (χ0n) is 24.5. The Bertz CT molecular complexity index is 443. The number of aliphatic hydroxyl groups is 2. The van der Waals surface area contributed by atoms with Crippen molar-refractivity contribution in [3.05, 3.63) is 0 Å². The van der Waals surface area contributed by atoms with Crippen molar-refractivity contribution in [2.45, 2.75) is 193 Å². The SMILES string of the molecule is CCCCCCCCCCCCCCCCCCCCCCC(O)C(CO)NC(=O)CCCCCC. The summed E-state index contributed by atoms with van der Waals surface area (Å²) in [6.45, 7) is 4.25. The predicted octanol–water partition coefficient (Wildman–Crippen LogP) is 9.01. The maximum absolute atomic E-state index is 12.0. The van der Waals surface area contributed by atoms with Crippen molar-refractivity contribution in [1.29, 1.82) is 0 Å². The minimum absolute atomic E-state index is 0.0484. The van der Waals surface area contributed by atoms with Gasteiger partial charge in [-0.05, 0) is 12.8 Å². The third-order valence-electron chi connectivity index (χ3n) is 7.62. The summed E-state index contributed by atoms with van der Waals surface area (Å²) in [7, 11) is 0. The molecule has 0 saturated carbocycles. The molecule has 0 aliphatic heterocycles. The van der Waals surface area contributed by atoms with Crippen molar-refractivity contribution in [2.75, 3.05) is 6.61 Å². The van der Waals surface area contributed by atoms with Crippen LogP contribution in [0.3, 0.4) is 0 Å². The maximum Gasteiger partial charge on any atom is 0.220 e. The van der Waals surface area contributed by atoms with E-state index in [1.54, 1.807) is 0 Å². The standard InChI is InChI=1S/C32H65NO3/c1-3-5-7-9-10-11-12-13-14-15-16-17-18-19-20-21-22-23-24-25-27-31(35)30(29-34)33-32(36)28-26-8-6-4-2/h30-31,34-35H,3-29H2,1-2H3,(H,33,36). The highest BCUT2D eigenvalue weighted by Crippen LogP contribution is 2.15. The van der Waals surface area contributed by atoms with Gasteiger partial charge in [-0.15, -0.1) is 0 Å². The molecule has 0 rings (SSSR count). The van der Waals surface area contributed by atoms with Crippen molar-refractivity contribution in [2.24, 2.45) is 0 Å². The van der Waals surface area contributed by atoms with Crippen LogP contribution in [0.5, 0.6) is 0 Å². The second-order valence-corrected chi connectivity index (χ2v) is 11.2. The number of carbonyl (C=O) groups is 1. The van der Waals surface area contributed by atoms with E-state index in [1.807, 2.05) is 0 Å². The summed E-state index contributed by atoms with van der Waals surface area (Å²) in [5.74, 6) is -0.0484. The largest absolute Gasteiger partial charge is 0.394 e. The molecule has 0 spiro atoms. The van der Waals surface area contributed by atoms with Gasteiger partial charge in [0.15, 0.2) is 0 Å². The van der Waals surface area contributed by atoms with Gasteiger partial charge in [0, 0.05) is 6.42 Å². The highest BCUT2D eigenvalue weighted by Gasteiger charge is 2.19. The molecule has 0 aromatic heterocycles. The summed E-state index contributed by atoms with van der Waals surface area (Å²) >= 11 is 0. The van der Waals surface area contributed by atoms with E-state index in [0.717, 1.165) is 38.5 Å². The minimum Gasteiger partial charge on any atom is -0.394 e. The Balaban J connectivity index is 3.40. The van der Waals surface area contributed by atoms with Crippen molar-refractivity contribution < 1.29 is 15.0 Å². The van der Waals surface area contributed by atoms with E-state index in [0.29, 0.717) is 12.8 Å². The van der Waals surface area contributed by atoms with Gasteiger partial charge in [0.1, 0.15) is 0 Å². The molecule has 0 radical (unpaired) electrons. The smallest absolute Gasteiger partial charge is 0.220 e. The van der Waals surface area contributed by atoms with Crippen LogP contribution in [0.25, 0.3) is 0 Å². The Morgan fingerprint density at radius 3 is 1.25 bits per heavy atom. The highest BCUT2D eigenvalue weighted by atomic mass is 16.3. The van der Waals surface area contributed by atoms with E-state index in [9.17, 15) is 15.0 Å². The quantitative estimate of drug-likeness (QED) is 0.0877. The van der Waals surface area contributed by atoms with Gasteiger partial charge in [-0.25, -0.2) is 0 Å². The maximum atomic E-state index is 12.0. The van der Waals surface area contributed by atoms with Gasteiger partial charge in [0.25, 0.3) is 0 Å². The molecule has 0 heterocycles. The van der Waals surface area contributed by atoms with Gasteiger partial charge in [-0.1, -0.05) is 162 Å². The molecule has 0 bridgehead atoms. The van der Waals surface area contributed by atoms with Gasteiger partial charge in [-0.2, -0.15) is 0 Å². The van der Waals surface area contributed by atoms with E-state index in [2.05, 4.69) is 19.2 Å². The molecular weight excluding hydrogens is 446 g/mol. The molecule has 0 saturated heterocycles. The number of carbonyl (C=O) groups excluding carboxylic acids is 1. The van der Waals surface area contributed by atoms with Crippen molar-refractivity contribution in [3.63, 3.8) is 0 Å². The second-order valence-electron chi connectivity index (χ2n) is 11.2. The first-order chi connectivity index (χ1) is 17.7. The zero-order chi connectivity index (χ0) is 26.5. The Labute approximate surface area is 225 Å². The lowest BCUT2D eigenvalue weighted by Crippen LogP contribution is -2.45. The third-order valence-corrected chi connectivity index (χ3v) is 7.62. The van der Waals surface area contributed by atoms with Crippen LogP contribution in [-0.4, -0.2) is 34.9 Å². The number of hydrogen-bond donors (Lipinski definition) is 3. The number of rotatable bonds is 29. The molecule has 4 heteroatoms. The number of aliphatic hydroxyl groups excluding tert-OH is 2. The van der Waals surface area contributed by atoms with E-state index in [1.165, 1.54) is 116 Å². The van der Waals surface area contributed by atoms with Gasteiger partial charge in [0.05, 0.1) is 18.8 Å². The average molecular weight is 512 g/mol. The van der Waals surface area contributed by atoms with Crippen LogP contribution in [0.15, 0.2) is 0 Å². The molecule has 216 valence electrons. The van der Waals surface area contributed by atoms with E-state index >= 15 is 0 Å². The Morgan fingerprint density at radius 1 is 0.556 bits per heavy atom. The van der Waals surface area contributed by atoms with Crippen LogP contribution in [0.1, 0.15) is 181 Å². The van der Waals surface area contributed by atoms with Crippen LogP contribution < -0.4 is 5.32 Å². The van der Waals surface area contributed by atoms with Crippen LogP contribution in [0, 0.1) is 0 Å². The molecule has 0 aliphatic rings. The van der Waals surface area contributed by atoms with E-state index < -0.39 is 12.1 Å². The van der Waals surface area contributed by atoms with Crippen LogP contribution >= 0.6 is 0 Å². The van der Waals surface area contributed by atoms with Crippen LogP contribution in [-0.2, 0) is 4.79 Å². The van der Waals surface area contributed by atoms with Gasteiger partial charge >= 0.3 is 0 Å². The molecule has 0 aromatic rings. The monoisotopic (exact) mass is 511 g/mol. The average Bonchev–Trinajstić information content (AvgIpc) is 2.88. The fourth-order valence-corrected chi connectivity index (χ4v) is 5.06. The predicted molar refractivity (Wildman–Crippen MR) is 156 cm³/mol. The number of hydrogen-bond acceptors (Lipinski definition) is 3. The lowest BCUT2D eigenvalue weighted by molar-refractivity contribution is -0.123. The van der Waals surface area contributed by atoms with Crippen molar-refractivity contribution >= 4 is 5.91 Å². The molecular formula is C32H65NO3. The summed E-state index contributed by atoms with van der Waals surface area (Å²) in [5.41, 5.74) is 0. The first-order valence-electron chi connectivity index (χ1n) is 16.2. The summed E-state index contributed by atoms with van der Waals surface area (Å²) in [5, 5.41) is 22.7. The van der Waals surface area contributed by atoms with E-state index in [-0.39, 0.29) is 12.5 Å². The van der Waals surface area contributed by atoms with Crippen LogP contribution in [0.4, 0.5) is 0 Å². The fraction of sp³-hybridized carbons (Fsp3) is 0.969. The molecule has 1 amide bonds. The van der Waals surface area contributed by atoms with Crippen LogP contribution in [0.2, 0.25) is 0 Å². The Hall–Kier alpha value is -0.610. The zero-order valence-corrected chi connectivity index (χ0v) is 24.5. The first kappa shape index (κ1) is 35.4. The summed E-state index contributed by atoms with van der Waals surface area (Å²) in [4.78, 5) is 12.0. The third kappa shape index (κ3) is 25.1. The summed E-state index contributed by atoms with van der Waals surface area (Å²) in [6.07, 6.45) is 31.9. The molecule has 0 aromatic carbocycles. The highest BCUT2D eigenvalue weighted by molar-refractivity contribution is 5.76.